The average molecular weight is 512 g/mol. The first-order valence-electron chi connectivity index (χ1n) is 13.6. The van der Waals surface area contributed by atoms with Gasteiger partial charge in [-0.1, -0.05) is 115 Å². The largest absolute Gasteiger partial charge is 0.455 e. The first kappa shape index (κ1) is 22.6. The van der Waals surface area contributed by atoms with Crippen LogP contribution < -0.4 is 4.90 Å². The van der Waals surface area contributed by atoms with Gasteiger partial charge in [-0.3, -0.25) is 0 Å². The molecule has 40 heavy (non-hydrogen) atoms. The molecule has 8 aromatic rings. The second kappa shape index (κ2) is 9.14. The number of furan rings is 1. The molecule has 0 N–H and O–H groups in total. The molecule has 2 nitrogen and oxygen atoms in total. The number of hydrogen-bond acceptors (Lipinski definition) is 2. The van der Waals surface area contributed by atoms with Crippen molar-refractivity contribution >= 4 is 60.5 Å². The van der Waals surface area contributed by atoms with Gasteiger partial charge in [-0.05, 0) is 58.1 Å². The van der Waals surface area contributed by atoms with Crippen molar-refractivity contribution in [2.24, 2.45) is 0 Å². The fourth-order valence-corrected chi connectivity index (χ4v) is 5.99. The summed E-state index contributed by atoms with van der Waals surface area (Å²) in [4.78, 5) is 2.36. The minimum atomic E-state index is 0.917. The number of anilines is 3. The highest BCUT2D eigenvalue weighted by atomic mass is 16.3. The van der Waals surface area contributed by atoms with Gasteiger partial charge in [0.25, 0.3) is 0 Å². The fourth-order valence-electron chi connectivity index (χ4n) is 5.99. The third-order valence-electron chi connectivity index (χ3n) is 7.84. The van der Waals surface area contributed by atoms with Crippen molar-refractivity contribution in [3.8, 4) is 11.1 Å². The van der Waals surface area contributed by atoms with Crippen LogP contribution in [0, 0.1) is 0 Å². The summed E-state index contributed by atoms with van der Waals surface area (Å²) in [5.74, 6) is 0. The van der Waals surface area contributed by atoms with Crippen LogP contribution in [0.4, 0.5) is 17.1 Å². The van der Waals surface area contributed by atoms with E-state index in [-0.39, 0.29) is 0 Å². The number of hydrogen-bond donors (Lipinski definition) is 0. The zero-order valence-electron chi connectivity index (χ0n) is 21.8. The quantitative estimate of drug-likeness (QED) is 0.218. The standard InChI is InChI=1S/C38H25NO/c1-2-12-28(13-3-1)39(36-25-27-11-4-5-14-30(27)32-15-6-7-16-33(32)36)29-23-21-26(22-24-29)31-18-10-19-35-34-17-8-9-20-37(34)40-38(31)35/h1-25H. The lowest BCUT2D eigenvalue weighted by molar-refractivity contribution is 0.670. The van der Waals surface area contributed by atoms with E-state index in [9.17, 15) is 0 Å². The molecule has 0 atom stereocenters. The van der Waals surface area contributed by atoms with Gasteiger partial charge in [0.05, 0.1) is 5.69 Å². The van der Waals surface area contributed by atoms with Crippen molar-refractivity contribution in [2.45, 2.75) is 0 Å². The second-order valence-corrected chi connectivity index (χ2v) is 10.2. The number of nitrogens with zero attached hydrogens (tertiary/aromatic N) is 1. The molecule has 0 unspecified atom stereocenters. The Morgan fingerprint density at radius 2 is 1.05 bits per heavy atom. The van der Waals surface area contributed by atoms with E-state index in [1.54, 1.807) is 0 Å². The van der Waals surface area contributed by atoms with Crippen LogP contribution in [0.5, 0.6) is 0 Å². The number of benzene rings is 7. The Hall–Kier alpha value is -5.34. The summed E-state index contributed by atoms with van der Waals surface area (Å²) in [6, 6.07) is 53.8. The van der Waals surface area contributed by atoms with Crippen LogP contribution in [0.15, 0.2) is 156 Å². The molecule has 0 aliphatic heterocycles. The van der Waals surface area contributed by atoms with Crippen molar-refractivity contribution in [1.82, 2.24) is 0 Å². The summed E-state index contributed by atoms with van der Waals surface area (Å²) in [6.07, 6.45) is 0. The lowest BCUT2D eigenvalue weighted by atomic mass is 9.98. The van der Waals surface area contributed by atoms with E-state index >= 15 is 0 Å². The van der Waals surface area contributed by atoms with Crippen molar-refractivity contribution in [3.63, 3.8) is 0 Å². The van der Waals surface area contributed by atoms with E-state index in [2.05, 4.69) is 144 Å². The molecule has 0 amide bonds. The molecular formula is C38H25NO. The maximum absolute atomic E-state index is 6.33. The molecule has 0 fully saturated rings. The molecule has 0 aliphatic carbocycles. The van der Waals surface area contributed by atoms with E-state index in [1.165, 1.54) is 21.5 Å². The second-order valence-electron chi connectivity index (χ2n) is 10.2. The maximum atomic E-state index is 6.33. The molecule has 0 spiro atoms. The minimum Gasteiger partial charge on any atom is -0.455 e. The van der Waals surface area contributed by atoms with E-state index in [1.807, 2.05) is 12.1 Å². The third kappa shape index (κ3) is 3.58. The Kier molecular flexibility index (Phi) is 5.17. The summed E-state index contributed by atoms with van der Waals surface area (Å²) < 4.78 is 6.33. The molecule has 1 heterocycles. The maximum Gasteiger partial charge on any atom is 0.143 e. The van der Waals surface area contributed by atoms with Crippen LogP contribution in [-0.2, 0) is 0 Å². The van der Waals surface area contributed by atoms with Gasteiger partial charge in [-0.2, -0.15) is 0 Å². The molecule has 0 saturated carbocycles. The third-order valence-corrected chi connectivity index (χ3v) is 7.84. The number of rotatable bonds is 4. The first-order chi connectivity index (χ1) is 19.8. The predicted octanol–water partition coefficient (Wildman–Crippen LogP) is 11.0. The van der Waals surface area contributed by atoms with Crippen molar-refractivity contribution in [2.75, 3.05) is 4.90 Å². The summed E-state index contributed by atoms with van der Waals surface area (Å²) >= 11 is 0. The number of fused-ring (bicyclic) bond motifs is 6. The fraction of sp³-hybridized carbons (Fsp3) is 0. The average Bonchev–Trinajstić information content (AvgIpc) is 3.41. The Bertz CT molecular complexity index is 2160. The van der Waals surface area contributed by atoms with Crippen LogP contribution in [0.25, 0.3) is 54.6 Å². The van der Waals surface area contributed by atoms with Crippen molar-refractivity contribution in [1.29, 1.82) is 0 Å². The molecule has 1 aromatic heterocycles. The van der Waals surface area contributed by atoms with Crippen LogP contribution >= 0.6 is 0 Å². The first-order valence-corrected chi connectivity index (χ1v) is 13.6. The Morgan fingerprint density at radius 1 is 0.425 bits per heavy atom. The monoisotopic (exact) mass is 511 g/mol. The van der Waals surface area contributed by atoms with Crippen LogP contribution in [-0.4, -0.2) is 0 Å². The highest BCUT2D eigenvalue weighted by Crippen LogP contribution is 2.43. The summed E-state index contributed by atoms with van der Waals surface area (Å²) in [6.45, 7) is 0. The normalized spacial score (nSPS) is 11.5. The van der Waals surface area contributed by atoms with Gasteiger partial charge in [0.1, 0.15) is 11.2 Å². The zero-order valence-corrected chi connectivity index (χ0v) is 21.8. The van der Waals surface area contributed by atoms with Gasteiger partial charge < -0.3 is 9.32 Å². The Morgan fingerprint density at radius 3 is 1.88 bits per heavy atom. The van der Waals surface area contributed by atoms with Gasteiger partial charge in [0.15, 0.2) is 0 Å². The lowest BCUT2D eigenvalue weighted by Crippen LogP contribution is -2.10. The minimum absolute atomic E-state index is 0.917. The van der Waals surface area contributed by atoms with Gasteiger partial charge in [0, 0.05) is 33.1 Å². The van der Waals surface area contributed by atoms with E-state index in [0.717, 1.165) is 50.1 Å². The van der Waals surface area contributed by atoms with Gasteiger partial charge in [0.2, 0.25) is 0 Å². The molecule has 7 aromatic carbocycles. The molecular weight excluding hydrogens is 486 g/mol. The highest BCUT2D eigenvalue weighted by Gasteiger charge is 2.18. The molecule has 2 heteroatoms. The Labute approximate surface area is 232 Å². The molecule has 0 bridgehead atoms. The SMILES string of the molecule is c1ccc(N(c2ccc(-c3cccc4c3oc3ccccc34)cc2)c2cc3ccccc3c3ccccc23)cc1. The van der Waals surface area contributed by atoms with Crippen LogP contribution in [0.3, 0.4) is 0 Å². The van der Waals surface area contributed by atoms with E-state index < -0.39 is 0 Å². The van der Waals surface area contributed by atoms with Gasteiger partial charge in [-0.15, -0.1) is 0 Å². The summed E-state index contributed by atoms with van der Waals surface area (Å²) in [7, 11) is 0. The van der Waals surface area contributed by atoms with Crippen molar-refractivity contribution < 1.29 is 4.42 Å². The summed E-state index contributed by atoms with van der Waals surface area (Å²) in [5, 5.41) is 7.26. The molecule has 188 valence electrons. The predicted molar refractivity (Wildman–Crippen MR) is 169 cm³/mol. The van der Waals surface area contributed by atoms with Crippen molar-refractivity contribution in [3.05, 3.63) is 152 Å². The van der Waals surface area contributed by atoms with Crippen LogP contribution in [0.2, 0.25) is 0 Å². The molecule has 8 rings (SSSR count). The van der Waals surface area contributed by atoms with Gasteiger partial charge >= 0.3 is 0 Å². The number of para-hydroxylation sites is 3. The molecule has 0 radical (unpaired) electrons. The van der Waals surface area contributed by atoms with E-state index in [0.29, 0.717) is 0 Å². The smallest absolute Gasteiger partial charge is 0.143 e. The lowest BCUT2D eigenvalue weighted by Gasteiger charge is -2.27. The van der Waals surface area contributed by atoms with E-state index in [4.69, 9.17) is 4.42 Å². The topological polar surface area (TPSA) is 16.4 Å². The van der Waals surface area contributed by atoms with Gasteiger partial charge in [-0.25, -0.2) is 0 Å². The summed E-state index contributed by atoms with van der Waals surface area (Å²) in [5.41, 5.74) is 7.46. The zero-order chi connectivity index (χ0) is 26.5. The van der Waals surface area contributed by atoms with Crippen LogP contribution in [0.1, 0.15) is 0 Å². The highest BCUT2D eigenvalue weighted by molar-refractivity contribution is 6.14. The molecule has 0 aliphatic rings. The molecule has 0 saturated heterocycles. The Balaban J connectivity index is 1.31.